The maximum absolute atomic E-state index is 11.7. The lowest BCUT2D eigenvalue weighted by molar-refractivity contribution is -0.150. The Labute approximate surface area is 110 Å². The molecular weight excluding hydrogens is 258 g/mol. The van der Waals surface area contributed by atoms with Gasteiger partial charge in [0.1, 0.15) is 11.7 Å². The molecule has 1 unspecified atom stereocenters. The number of hydrogen-bond donors (Lipinski definition) is 2. The SMILES string of the molecule is CCOC(=O)C(C)C(=O)Nc1ccc(O)cc1Cl. The third-order valence-corrected chi connectivity index (χ3v) is 2.56. The van der Waals surface area contributed by atoms with Gasteiger partial charge in [0.2, 0.25) is 5.91 Å². The van der Waals surface area contributed by atoms with Crippen LogP contribution in [0.25, 0.3) is 0 Å². The van der Waals surface area contributed by atoms with E-state index < -0.39 is 17.8 Å². The molecule has 0 aliphatic rings. The van der Waals surface area contributed by atoms with Gasteiger partial charge in [-0.05, 0) is 26.0 Å². The summed E-state index contributed by atoms with van der Waals surface area (Å²) in [6.45, 7) is 3.33. The van der Waals surface area contributed by atoms with Crippen molar-refractivity contribution in [3.05, 3.63) is 23.2 Å². The maximum Gasteiger partial charge on any atom is 0.318 e. The average Bonchev–Trinajstić information content (AvgIpc) is 2.32. The fraction of sp³-hybridized carbons (Fsp3) is 0.333. The Morgan fingerprint density at radius 2 is 2.17 bits per heavy atom. The van der Waals surface area contributed by atoms with E-state index in [0.29, 0.717) is 5.69 Å². The standard InChI is InChI=1S/C12H14ClNO4/c1-3-18-12(17)7(2)11(16)14-10-5-4-8(15)6-9(10)13/h4-7,15H,3H2,1-2H3,(H,14,16). The minimum Gasteiger partial charge on any atom is -0.508 e. The molecule has 0 saturated carbocycles. The zero-order valence-corrected chi connectivity index (χ0v) is 10.8. The summed E-state index contributed by atoms with van der Waals surface area (Å²) in [5.74, 6) is -2.03. The molecule has 5 nitrogen and oxygen atoms in total. The highest BCUT2D eigenvalue weighted by Crippen LogP contribution is 2.26. The second kappa shape index (κ2) is 6.26. The number of carbonyl (C=O) groups is 2. The molecule has 0 saturated heterocycles. The normalized spacial score (nSPS) is 11.7. The lowest BCUT2D eigenvalue weighted by Crippen LogP contribution is -2.28. The predicted octanol–water partition coefficient (Wildman–Crippen LogP) is 2.18. The van der Waals surface area contributed by atoms with Crippen molar-refractivity contribution in [2.24, 2.45) is 5.92 Å². The second-order valence-corrected chi connectivity index (χ2v) is 4.03. The minimum atomic E-state index is -0.921. The Bertz CT molecular complexity index is 461. The molecule has 1 aromatic rings. The molecule has 18 heavy (non-hydrogen) atoms. The molecule has 0 aliphatic heterocycles. The van der Waals surface area contributed by atoms with Gasteiger partial charge in [0, 0.05) is 6.07 Å². The van der Waals surface area contributed by atoms with E-state index in [-0.39, 0.29) is 17.4 Å². The molecule has 98 valence electrons. The van der Waals surface area contributed by atoms with Crippen LogP contribution in [0.1, 0.15) is 13.8 Å². The molecule has 0 aliphatic carbocycles. The largest absolute Gasteiger partial charge is 0.508 e. The highest BCUT2D eigenvalue weighted by molar-refractivity contribution is 6.34. The van der Waals surface area contributed by atoms with Crippen LogP contribution >= 0.6 is 11.6 Å². The first-order valence-electron chi connectivity index (χ1n) is 5.41. The molecular formula is C12H14ClNO4. The van der Waals surface area contributed by atoms with E-state index in [1.807, 2.05) is 0 Å². The van der Waals surface area contributed by atoms with Crippen molar-refractivity contribution in [2.75, 3.05) is 11.9 Å². The number of amides is 1. The number of benzene rings is 1. The number of ether oxygens (including phenoxy) is 1. The number of esters is 1. The number of halogens is 1. The topological polar surface area (TPSA) is 75.6 Å². The van der Waals surface area contributed by atoms with Crippen molar-refractivity contribution in [3.63, 3.8) is 0 Å². The van der Waals surface area contributed by atoms with Gasteiger partial charge in [-0.1, -0.05) is 11.6 Å². The van der Waals surface area contributed by atoms with Gasteiger partial charge in [0.25, 0.3) is 0 Å². The molecule has 1 aromatic carbocycles. The second-order valence-electron chi connectivity index (χ2n) is 3.63. The number of phenolic OH excluding ortho intramolecular Hbond substituents is 1. The van der Waals surface area contributed by atoms with E-state index >= 15 is 0 Å². The molecule has 6 heteroatoms. The summed E-state index contributed by atoms with van der Waals surface area (Å²) in [6, 6.07) is 4.14. The number of phenols is 1. The highest BCUT2D eigenvalue weighted by Gasteiger charge is 2.23. The van der Waals surface area contributed by atoms with Gasteiger partial charge < -0.3 is 15.2 Å². The Kier molecular flexibility index (Phi) is 4.97. The summed E-state index contributed by atoms with van der Waals surface area (Å²) < 4.78 is 4.74. The van der Waals surface area contributed by atoms with Gasteiger partial charge in [-0.2, -0.15) is 0 Å². The van der Waals surface area contributed by atoms with E-state index in [1.165, 1.54) is 25.1 Å². The summed E-state index contributed by atoms with van der Waals surface area (Å²) >= 11 is 5.83. The van der Waals surface area contributed by atoms with E-state index in [0.717, 1.165) is 0 Å². The van der Waals surface area contributed by atoms with Crippen molar-refractivity contribution in [1.82, 2.24) is 0 Å². The minimum absolute atomic E-state index is 0.00330. The number of anilines is 1. The van der Waals surface area contributed by atoms with Crippen molar-refractivity contribution in [2.45, 2.75) is 13.8 Å². The Morgan fingerprint density at radius 3 is 2.72 bits per heavy atom. The van der Waals surface area contributed by atoms with E-state index in [2.05, 4.69) is 5.32 Å². The van der Waals surface area contributed by atoms with Crippen molar-refractivity contribution in [3.8, 4) is 5.75 Å². The molecule has 0 radical (unpaired) electrons. The quantitative estimate of drug-likeness (QED) is 0.500. The zero-order chi connectivity index (χ0) is 13.7. The van der Waals surface area contributed by atoms with Gasteiger partial charge in [0.15, 0.2) is 0 Å². The maximum atomic E-state index is 11.7. The van der Waals surface area contributed by atoms with Crippen molar-refractivity contribution in [1.29, 1.82) is 0 Å². The van der Waals surface area contributed by atoms with Crippen LogP contribution in [0.15, 0.2) is 18.2 Å². The molecule has 1 atom stereocenters. The Balaban J connectivity index is 2.72. The molecule has 0 heterocycles. The molecule has 2 N–H and O–H groups in total. The molecule has 1 amide bonds. The number of rotatable bonds is 4. The van der Waals surface area contributed by atoms with Gasteiger partial charge >= 0.3 is 5.97 Å². The van der Waals surface area contributed by atoms with Gasteiger partial charge in [-0.25, -0.2) is 0 Å². The van der Waals surface area contributed by atoms with Crippen LogP contribution in [0.2, 0.25) is 5.02 Å². The Hall–Kier alpha value is -1.75. The lowest BCUT2D eigenvalue weighted by atomic mass is 10.1. The van der Waals surface area contributed by atoms with Crippen molar-refractivity contribution >= 4 is 29.2 Å². The van der Waals surface area contributed by atoms with Gasteiger partial charge in [-0.3, -0.25) is 9.59 Å². The summed E-state index contributed by atoms with van der Waals surface area (Å²) in [4.78, 5) is 23.1. The van der Waals surface area contributed by atoms with Crippen LogP contribution in [0, 0.1) is 5.92 Å². The van der Waals surface area contributed by atoms with E-state index in [4.69, 9.17) is 21.4 Å². The first-order chi connectivity index (χ1) is 8.45. The van der Waals surface area contributed by atoms with Crippen LogP contribution in [0.4, 0.5) is 5.69 Å². The van der Waals surface area contributed by atoms with Crippen LogP contribution in [0.3, 0.4) is 0 Å². The summed E-state index contributed by atoms with van der Waals surface area (Å²) in [5, 5.41) is 11.9. The summed E-state index contributed by atoms with van der Waals surface area (Å²) in [7, 11) is 0. The van der Waals surface area contributed by atoms with Gasteiger partial charge in [-0.15, -0.1) is 0 Å². The van der Waals surface area contributed by atoms with E-state index in [1.54, 1.807) is 6.92 Å². The fourth-order valence-electron chi connectivity index (χ4n) is 1.22. The smallest absolute Gasteiger partial charge is 0.318 e. The van der Waals surface area contributed by atoms with Crippen LogP contribution < -0.4 is 5.32 Å². The third kappa shape index (κ3) is 3.63. The van der Waals surface area contributed by atoms with E-state index in [9.17, 15) is 9.59 Å². The Morgan fingerprint density at radius 1 is 1.50 bits per heavy atom. The third-order valence-electron chi connectivity index (χ3n) is 2.24. The first-order valence-corrected chi connectivity index (χ1v) is 5.79. The molecule has 0 fully saturated rings. The molecule has 1 rings (SSSR count). The first kappa shape index (κ1) is 14.3. The summed E-state index contributed by atoms with van der Waals surface area (Å²) in [5.41, 5.74) is 0.329. The molecule has 0 aromatic heterocycles. The van der Waals surface area contributed by atoms with Crippen LogP contribution in [-0.4, -0.2) is 23.6 Å². The number of nitrogens with one attached hydrogen (secondary N) is 1. The highest BCUT2D eigenvalue weighted by atomic mass is 35.5. The van der Waals surface area contributed by atoms with Crippen molar-refractivity contribution < 1.29 is 19.4 Å². The fourth-order valence-corrected chi connectivity index (χ4v) is 1.44. The number of aromatic hydroxyl groups is 1. The van der Waals surface area contributed by atoms with Crippen LogP contribution in [-0.2, 0) is 14.3 Å². The van der Waals surface area contributed by atoms with Gasteiger partial charge in [0.05, 0.1) is 17.3 Å². The zero-order valence-electron chi connectivity index (χ0n) is 10.1. The molecule has 0 bridgehead atoms. The number of hydrogen-bond acceptors (Lipinski definition) is 4. The van der Waals surface area contributed by atoms with Crippen LogP contribution in [0.5, 0.6) is 5.75 Å². The summed E-state index contributed by atoms with van der Waals surface area (Å²) in [6.07, 6.45) is 0. The lowest BCUT2D eigenvalue weighted by Gasteiger charge is -2.12. The average molecular weight is 272 g/mol. The predicted molar refractivity (Wildman–Crippen MR) is 67.5 cm³/mol. The molecule has 0 spiro atoms. The number of carbonyl (C=O) groups excluding carboxylic acids is 2. The monoisotopic (exact) mass is 271 g/mol.